The number of carbonyl (C=O) groups excluding carboxylic acids is 1. The van der Waals surface area contributed by atoms with Crippen molar-refractivity contribution in [3.63, 3.8) is 0 Å². The number of rotatable bonds is 4. The van der Waals surface area contributed by atoms with Crippen molar-refractivity contribution in [2.24, 2.45) is 0 Å². The summed E-state index contributed by atoms with van der Waals surface area (Å²) in [5.74, 6) is 1.19. The van der Waals surface area contributed by atoms with Crippen LogP contribution in [0.25, 0.3) is 6.08 Å². The van der Waals surface area contributed by atoms with Gasteiger partial charge in [-0.25, -0.2) is 0 Å². The predicted molar refractivity (Wildman–Crippen MR) is 92.8 cm³/mol. The van der Waals surface area contributed by atoms with Gasteiger partial charge in [0, 0.05) is 11.5 Å². The highest BCUT2D eigenvalue weighted by atomic mass is 79.9. The summed E-state index contributed by atoms with van der Waals surface area (Å²) in [6, 6.07) is 3.66. The molecule has 4 nitrogen and oxygen atoms in total. The van der Waals surface area contributed by atoms with E-state index in [2.05, 4.69) is 15.9 Å². The number of thioether (sulfide) groups is 1. The molecule has 1 aromatic carbocycles. The number of hydrogen-bond donors (Lipinski definition) is 0. The van der Waals surface area contributed by atoms with Crippen molar-refractivity contribution in [2.75, 3.05) is 20.8 Å². The van der Waals surface area contributed by atoms with Gasteiger partial charge in [-0.15, -0.1) is 0 Å². The fourth-order valence-corrected chi connectivity index (χ4v) is 3.38. The van der Waals surface area contributed by atoms with Crippen LogP contribution < -0.4 is 9.47 Å². The molecule has 1 saturated heterocycles. The van der Waals surface area contributed by atoms with Gasteiger partial charge in [-0.2, -0.15) is 0 Å². The van der Waals surface area contributed by atoms with Gasteiger partial charge >= 0.3 is 0 Å². The maximum absolute atomic E-state index is 12.0. The molecular weight excluding hydrogens is 374 g/mol. The maximum Gasteiger partial charge on any atom is 0.265 e. The van der Waals surface area contributed by atoms with Crippen molar-refractivity contribution < 1.29 is 14.3 Å². The minimum atomic E-state index is -0.0928. The molecule has 0 aliphatic carbocycles. The van der Waals surface area contributed by atoms with E-state index in [-0.39, 0.29) is 5.91 Å². The van der Waals surface area contributed by atoms with E-state index in [1.165, 1.54) is 16.7 Å². The van der Waals surface area contributed by atoms with Crippen LogP contribution in [0.2, 0.25) is 0 Å². The minimum absolute atomic E-state index is 0.0928. The first-order valence-corrected chi connectivity index (χ1v) is 8.21. The molecule has 7 heteroatoms. The van der Waals surface area contributed by atoms with Crippen molar-refractivity contribution in [1.29, 1.82) is 0 Å². The zero-order valence-corrected chi connectivity index (χ0v) is 15.0. The summed E-state index contributed by atoms with van der Waals surface area (Å²) in [5.41, 5.74) is 0.837. The summed E-state index contributed by atoms with van der Waals surface area (Å²) in [5, 5.41) is 0. The summed E-state index contributed by atoms with van der Waals surface area (Å²) < 4.78 is 12.2. The number of amides is 1. The Hall–Kier alpha value is -1.05. The summed E-state index contributed by atoms with van der Waals surface area (Å²) in [6.45, 7) is 2.46. The smallest absolute Gasteiger partial charge is 0.265 e. The Balaban J connectivity index is 2.41. The molecule has 0 unspecified atom stereocenters. The number of carbonyl (C=O) groups is 1. The van der Waals surface area contributed by atoms with Crippen LogP contribution in [0.4, 0.5) is 0 Å². The fraction of sp³-hybridized carbons (Fsp3) is 0.286. The van der Waals surface area contributed by atoms with Crippen LogP contribution in [0, 0.1) is 0 Å². The van der Waals surface area contributed by atoms with Crippen LogP contribution in [0.15, 0.2) is 21.5 Å². The van der Waals surface area contributed by atoms with Crippen molar-refractivity contribution in [1.82, 2.24) is 4.90 Å². The van der Waals surface area contributed by atoms with Gasteiger partial charge in [0.05, 0.1) is 18.6 Å². The van der Waals surface area contributed by atoms with Crippen LogP contribution in [0.5, 0.6) is 11.5 Å². The average molecular weight is 388 g/mol. The van der Waals surface area contributed by atoms with Gasteiger partial charge in [0.15, 0.2) is 11.5 Å². The van der Waals surface area contributed by atoms with Gasteiger partial charge < -0.3 is 9.47 Å². The zero-order chi connectivity index (χ0) is 15.6. The Kier molecular flexibility index (Phi) is 5.29. The van der Waals surface area contributed by atoms with Crippen LogP contribution >= 0.6 is 39.9 Å². The average Bonchev–Trinajstić information content (AvgIpc) is 2.69. The van der Waals surface area contributed by atoms with Crippen LogP contribution in [-0.2, 0) is 4.79 Å². The Morgan fingerprint density at radius 2 is 2.14 bits per heavy atom. The van der Waals surface area contributed by atoms with Gasteiger partial charge in [0.2, 0.25) is 0 Å². The third-order valence-corrected chi connectivity index (χ3v) is 5.03. The van der Waals surface area contributed by atoms with E-state index in [4.69, 9.17) is 21.7 Å². The summed E-state index contributed by atoms with van der Waals surface area (Å²) in [7, 11) is 3.26. The zero-order valence-electron chi connectivity index (χ0n) is 11.8. The number of benzene rings is 1. The van der Waals surface area contributed by atoms with Gasteiger partial charge in [0.1, 0.15) is 4.32 Å². The summed E-state index contributed by atoms with van der Waals surface area (Å²) in [6.07, 6.45) is 1.80. The molecule has 0 saturated carbocycles. The molecule has 2 rings (SSSR count). The quantitative estimate of drug-likeness (QED) is 0.581. The molecule has 21 heavy (non-hydrogen) atoms. The van der Waals surface area contributed by atoms with E-state index >= 15 is 0 Å². The summed E-state index contributed by atoms with van der Waals surface area (Å²) >= 11 is 9.90. The van der Waals surface area contributed by atoms with Crippen LogP contribution in [-0.4, -0.2) is 35.9 Å². The molecule has 0 aromatic heterocycles. The summed E-state index contributed by atoms with van der Waals surface area (Å²) in [4.78, 5) is 14.1. The lowest BCUT2D eigenvalue weighted by atomic mass is 10.2. The minimum Gasteiger partial charge on any atom is -0.493 e. The van der Waals surface area contributed by atoms with E-state index < -0.39 is 0 Å². The lowest BCUT2D eigenvalue weighted by molar-refractivity contribution is -0.121. The van der Waals surface area contributed by atoms with E-state index in [9.17, 15) is 4.79 Å². The number of methoxy groups -OCH3 is 1. The number of ether oxygens (including phenoxy) is 2. The lowest BCUT2D eigenvalue weighted by Gasteiger charge is -2.11. The Morgan fingerprint density at radius 3 is 2.67 bits per heavy atom. The molecule has 0 bridgehead atoms. The molecule has 1 aliphatic rings. The third-order valence-electron chi connectivity index (χ3n) is 2.86. The Labute approximate surface area is 141 Å². The molecule has 0 spiro atoms. The molecule has 0 atom stereocenters. The number of thiocarbonyl (C=S) groups is 1. The first-order chi connectivity index (χ1) is 9.97. The Morgan fingerprint density at radius 1 is 1.43 bits per heavy atom. The lowest BCUT2D eigenvalue weighted by Crippen LogP contribution is -2.22. The highest BCUT2D eigenvalue weighted by molar-refractivity contribution is 9.10. The third kappa shape index (κ3) is 3.41. The highest BCUT2D eigenvalue weighted by Gasteiger charge is 2.29. The van der Waals surface area contributed by atoms with E-state index in [1.807, 2.05) is 19.1 Å². The molecule has 112 valence electrons. The monoisotopic (exact) mass is 387 g/mol. The SMILES string of the molecule is CCOc1cc(Br)c(/C=C2/SC(=S)N(C)C2=O)cc1OC. The molecule has 1 amide bonds. The van der Waals surface area contributed by atoms with Gasteiger partial charge in [-0.1, -0.05) is 39.9 Å². The van der Waals surface area contributed by atoms with Gasteiger partial charge in [-0.3, -0.25) is 9.69 Å². The molecule has 1 aliphatic heterocycles. The highest BCUT2D eigenvalue weighted by Crippen LogP contribution is 2.37. The van der Waals surface area contributed by atoms with Crippen molar-refractivity contribution in [2.45, 2.75) is 6.92 Å². The van der Waals surface area contributed by atoms with Gasteiger partial charge in [-0.05, 0) is 30.7 Å². The largest absolute Gasteiger partial charge is 0.493 e. The molecule has 1 heterocycles. The van der Waals surface area contributed by atoms with E-state index in [0.29, 0.717) is 27.3 Å². The molecule has 1 fully saturated rings. The number of nitrogens with zero attached hydrogens (tertiary/aromatic N) is 1. The van der Waals surface area contributed by atoms with Crippen molar-refractivity contribution >= 4 is 56.2 Å². The van der Waals surface area contributed by atoms with Gasteiger partial charge in [0.25, 0.3) is 5.91 Å². The second kappa shape index (κ2) is 6.81. The second-order valence-electron chi connectivity index (χ2n) is 4.20. The van der Waals surface area contributed by atoms with E-state index in [0.717, 1.165) is 10.0 Å². The van der Waals surface area contributed by atoms with Crippen molar-refractivity contribution in [3.8, 4) is 11.5 Å². The normalized spacial score (nSPS) is 16.8. The Bertz CT molecular complexity index is 631. The maximum atomic E-state index is 12.0. The number of hydrogen-bond acceptors (Lipinski definition) is 5. The molecular formula is C14H14BrNO3S2. The fourth-order valence-electron chi connectivity index (χ4n) is 1.78. The van der Waals surface area contributed by atoms with Crippen molar-refractivity contribution in [3.05, 3.63) is 27.1 Å². The predicted octanol–water partition coefficient (Wildman–Crippen LogP) is 3.69. The first kappa shape index (κ1) is 16.3. The standard InChI is InChI=1S/C14H14BrNO3S2/c1-4-19-11-7-9(15)8(5-10(11)18-3)6-12-13(17)16(2)14(20)21-12/h5-7H,4H2,1-3H3/b12-6+. The van der Waals surface area contributed by atoms with E-state index in [1.54, 1.807) is 20.2 Å². The second-order valence-corrected chi connectivity index (χ2v) is 6.73. The number of halogens is 1. The number of likely N-dealkylation sites (N-methyl/N-ethyl adjacent to an activating group) is 1. The first-order valence-electron chi connectivity index (χ1n) is 6.19. The molecule has 1 aromatic rings. The molecule has 0 N–H and O–H groups in total. The molecule has 0 radical (unpaired) electrons. The van der Waals surface area contributed by atoms with Crippen LogP contribution in [0.3, 0.4) is 0 Å². The van der Waals surface area contributed by atoms with Crippen LogP contribution in [0.1, 0.15) is 12.5 Å². The topological polar surface area (TPSA) is 38.8 Å².